The number of hydrogen-bond donors (Lipinski definition) is 3. The molecule has 1 atom stereocenters. The maximum absolute atomic E-state index is 12.3. The van der Waals surface area contributed by atoms with E-state index in [0.29, 0.717) is 12.2 Å². The fraction of sp³-hybridized carbons (Fsp3) is 0.300. The van der Waals surface area contributed by atoms with Gasteiger partial charge in [-0.25, -0.2) is 13.1 Å². The monoisotopic (exact) mass is 417 g/mol. The Hall–Kier alpha value is -2.75. The third-order valence-corrected chi connectivity index (χ3v) is 6.07. The van der Waals surface area contributed by atoms with E-state index in [1.165, 1.54) is 24.3 Å². The van der Waals surface area contributed by atoms with Gasteiger partial charge in [-0.2, -0.15) is 0 Å². The van der Waals surface area contributed by atoms with Crippen molar-refractivity contribution in [3.8, 4) is 0 Å². The van der Waals surface area contributed by atoms with Crippen LogP contribution in [0.25, 0.3) is 0 Å². The first-order chi connectivity index (χ1) is 13.9. The lowest BCUT2D eigenvalue weighted by Crippen LogP contribution is -2.41. The second kappa shape index (κ2) is 9.17. The summed E-state index contributed by atoms with van der Waals surface area (Å²) in [7, 11) is -3.69. The quantitative estimate of drug-likeness (QED) is 0.617. The Labute approximate surface area is 169 Å². The molecule has 9 heteroatoms. The summed E-state index contributed by atoms with van der Waals surface area (Å²) < 4.78 is 32.6. The van der Waals surface area contributed by atoms with Crippen molar-refractivity contribution < 1.29 is 22.7 Å². The van der Waals surface area contributed by atoms with Crippen molar-refractivity contribution in [2.24, 2.45) is 0 Å². The Bertz CT molecular complexity index is 983. The molecule has 2 aromatic carbocycles. The molecule has 0 aliphatic carbocycles. The van der Waals surface area contributed by atoms with Gasteiger partial charge in [0.05, 0.1) is 11.0 Å². The van der Waals surface area contributed by atoms with Crippen LogP contribution in [0.2, 0.25) is 0 Å². The summed E-state index contributed by atoms with van der Waals surface area (Å²) in [6.07, 6.45) is 1.65. The highest BCUT2D eigenvalue weighted by atomic mass is 32.2. The minimum absolute atomic E-state index is 0.0518. The molecule has 1 heterocycles. The second-order valence-electron chi connectivity index (χ2n) is 6.73. The standard InChI is InChI=1S/C20H23N3O5S/c1-14-5-2-3-7-18(14)20(25)23-22-19(24)15-8-10-17(11-9-15)29(26,27)21-13-16-6-4-12-28-16/h2-3,5,7-11,16,21H,4,6,12-13H2,1H3,(H,22,24)(H,23,25)/t16-/m1/s1. The molecular weight excluding hydrogens is 394 g/mol. The van der Waals surface area contributed by atoms with Crippen LogP contribution in [-0.2, 0) is 14.8 Å². The predicted octanol–water partition coefficient (Wildman–Crippen LogP) is 1.53. The summed E-state index contributed by atoms with van der Waals surface area (Å²) in [6, 6.07) is 12.5. The lowest BCUT2D eigenvalue weighted by molar-refractivity contribution is 0.0846. The van der Waals surface area contributed by atoms with Gasteiger partial charge in [0.2, 0.25) is 10.0 Å². The van der Waals surface area contributed by atoms with Crippen LogP contribution in [0, 0.1) is 6.92 Å². The Kier molecular flexibility index (Phi) is 6.63. The van der Waals surface area contributed by atoms with Gasteiger partial charge < -0.3 is 4.74 Å². The Morgan fingerprint density at radius 1 is 1.03 bits per heavy atom. The number of sulfonamides is 1. The molecule has 1 aliphatic rings. The molecule has 3 N–H and O–H groups in total. The van der Waals surface area contributed by atoms with Crippen LogP contribution in [0.4, 0.5) is 0 Å². The van der Waals surface area contributed by atoms with Gasteiger partial charge in [-0.1, -0.05) is 18.2 Å². The minimum atomic E-state index is -3.69. The van der Waals surface area contributed by atoms with Gasteiger partial charge in [0.15, 0.2) is 0 Å². The maximum Gasteiger partial charge on any atom is 0.269 e. The molecule has 154 valence electrons. The molecule has 8 nitrogen and oxygen atoms in total. The van der Waals surface area contributed by atoms with Crippen molar-refractivity contribution in [2.45, 2.75) is 30.8 Å². The highest BCUT2D eigenvalue weighted by molar-refractivity contribution is 7.89. The lowest BCUT2D eigenvalue weighted by atomic mass is 10.1. The van der Waals surface area contributed by atoms with Crippen molar-refractivity contribution in [2.75, 3.05) is 13.2 Å². The highest BCUT2D eigenvalue weighted by Crippen LogP contribution is 2.14. The first kappa shape index (κ1) is 21.0. The number of nitrogens with one attached hydrogen (secondary N) is 3. The number of carbonyl (C=O) groups excluding carboxylic acids is 2. The van der Waals surface area contributed by atoms with Crippen molar-refractivity contribution >= 4 is 21.8 Å². The van der Waals surface area contributed by atoms with Crippen LogP contribution in [0.3, 0.4) is 0 Å². The van der Waals surface area contributed by atoms with Crippen LogP contribution in [0.15, 0.2) is 53.4 Å². The largest absolute Gasteiger partial charge is 0.377 e. The molecule has 2 aromatic rings. The van der Waals surface area contributed by atoms with Gasteiger partial charge in [0.1, 0.15) is 0 Å². The summed E-state index contributed by atoms with van der Waals surface area (Å²) in [5.74, 6) is -0.989. The summed E-state index contributed by atoms with van der Waals surface area (Å²) in [6.45, 7) is 2.66. The number of carbonyl (C=O) groups is 2. The van der Waals surface area contributed by atoms with Crippen molar-refractivity contribution in [1.29, 1.82) is 0 Å². The summed E-state index contributed by atoms with van der Waals surface area (Å²) in [5, 5.41) is 0. The van der Waals surface area contributed by atoms with E-state index < -0.39 is 21.8 Å². The van der Waals surface area contributed by atoms with Gasteiger partial charge in [-0.15, -0.1) is 0 Å². The van der Waals surface area contributed by atoms with E-state index in [0.717, 1.165) is 18.4 Å². The van der Waals surface area contributed by atoms with E-state index in [-0.39, 0.29) is 23.1 Å². The molecule has 29 heavy (non-hydrogen) atoms. The van der Waals surface area contributed by atoms with Crippen LogP contribution in [-0.4, -0.2) is 39.5 Å². The molecule has 0 spiro atoms. The number of amides is 2. The number of hydrogen-bond acceptors (Lipinski definition) is 5. The molecular formula is C20H23N3O5S. The van der Waals surface area contributed by atoms with Crippen LogP contribution in [0.1, 0.15) is 39.1 Å². The number of aryl methyl sites for hydroxylation is 1. The summed E-state index contributed by atoms with van der Waals surface area (Å²) >= 11 is 0. The van der Waals surface area contributed by atoms with Crippen LogP contribution >= 0.6 is 0 Å². The maximum atomic E-state index is 12.3. The van der Waals surface area contributed by atoms with Crippen molar-refractivity contribution in [3.63, 3.8) is 0 Å². The third-order valence-electron chi connectivity index (χ3n) is 4.63. The van der Waals surface area contributed by atoms with E-state index in [4.69, 9.17) is 4.74 Å². The van der Waals surface area contributed by atoms with Gasteiger partial charge >= 0.3 is 0 Å². The van der Waals surface area contributed by atoms with Gasteiger partial charge in [-0.3, -0.25) is 20.4 Å². The molecule has 0 unspecified atom stereocenters. The number of ether oxygens (including phenoxy) is 1. The molecule has 3 rings (SSSR count). The lowest BCUT2D eigenvalue weighted by Gasteiger charge is -2.12. The molecule has 0 saturated carbocycles. The third kappa shape index (κ3) is 5.41. The first-order valence-corrected chi connectivity index (χ1v) is 10.7. The molecule has 1 aliphatic heterocycles. The normalized spacial score (nSPS) is 16.4. The fourth-order valence-electron chi connectivity index (χ4n) is 2.96. The smallest absolute Gasteiger partial charge is 0.269 e. The number of benzene rings is 2. The molecule has 1 fully saturated rings. The second-order valence-corrected chi connectivity index (χ2v) is 8.50. The average Bonchev–Trinajstić information content (AvgIpc) is 3.24. The highest BCUT2D eigenvalue weighted by Gasteiger charge is 2.20. The number of rotatable bonds is 6. The molecule has 0 aromatic heterocycles. The van der Waals surface area contributed by atoms with E-state index in [1.54, 1.807) is 25.1 Å². The van der Waals surface area contributed by atoms with E-state index in [2.05, 4.69) is 15.6 Å². The molecule has 0 bridgehead atoms. The zero-order chi connectivity index (χ0) is 20.9. The Morgan fingerprint density at radius 2 is 1.72 bits per heavy atom. The molecule has 2 amide bonds. The van der Waals surface area contributed by atoms with E-state index in [9.17, 15) is 18.0 Å². The topological polar surface area (TPSA) is 114 Å². The van der Waals surface area contributed by atoms with Crippen molar-refractivity contribution in [1.82, 2.24) is 15.6 Å². The van der Waals surface area contributed by atoms with Gasteiger partial charge in [0, 0.05) is 24.3 Å². The first-order valence-electron chi connectivity index (χ1n) is 9.24. The van der Waals surface area contributed by atoms with Gasteiger partial charge in [-0.05, 0) is 55.7 Å². The fourth-order valence-corrected chi connectivity index (χ4v) is 4.02. The van der Waals surface area contributed by atoms with E-state index >= 15 is 0 Å². The summed E-state index contributed by atoms with van der Waals surface area (Å²) in [4.78, 5) is 24.4. The predicted molar refractivity (Wildman–Crippen MR) is 107 cm³/mol. The molecule has 1 saturated heterocycles. The molecule has 0 radical (unpaired) electrons. The number of hydrazine groups is 1. The zero-order valence-corrected chi connectivity index (χ0v) is 16.8. The zero-order valence-electron chi connectivity index (χ0n) is 16.0. The van der Waals surface area contributed by atoms with E-state index in [1.807, 2.05) is 6.07 Å². The van der Waals surface area contributed by atoms with Crippen LogP contribution in [0.5, 0.6) is 0 Å². The SMILES string of the molecule is Cc1ccccc1C(=O)NNC(=O)c1ccc(S(=O)(=O)NC[C@H]2CCCO2)cc1. The Balaban J connectivity index is 1.56. The van der Waals surface area contributed by atoms with Gasteiger partial charge in [0.25, 0.3) is 11.8 Å². The summed E-state index contributed by atoms with van der Waals surface area (Å²) in [5.41, 5.74) is 6.12. The Morgan fingerprint density at radius 3 is 2.38 bits per heavy atom. The van der Waals surface area contributed by atoms with Crippen LogP contribution < -0.4 is 15.6 Å². The van der Waals surface area contributed by atoms with Crippen molar-refractivity contribution in [3.05, 3.63) is 65.2 Å². The average molecular weight is 417 g/mol. The minimum Gasteiger partial charge on any atom is -0.377 e.